The highest BCUT2D eigenvalue weighted by Crippen LogP contribution is 2.65. The zero-order valence-corrected chi connectivity index (χ0v) is 41.2. The van der Waals surface area contributed by atoms with Crippen molar-refractivity contribution >= 4 is 60.9 Å². The summed E-state index contributed by atoms with van der Waals surface area (Å²) in [6, 6.07) is 99.5. The molecule has 2 aliphatic carbocycles. The van der Waals surface area contributed by atoms with Gasteiger partial charge in [-0.2, -0.15) is 0 Å². The van der Waals surface area contributed by atoms with Gasteiger partial charge in [-0.05, 0) is 150 Å². The van der Waals surface area contributed by atoms with Crippen LogP contribution in [0.15, 0.2) is 282 Å². The number of benzene rings is 12. The van der Waals surface area contributed by atoms with Gasteiger partial charge in [-0.1, -0.05) is 212 Å². The summed E-state index contributed by atoms with van der Waals surface area (Å²) in [5.74, 6) is 0. The van der Waals surface area contributed by atoms with Crippen LogP contribution in [0.1, 0.15) is 22.3 Å². The highest BCUT2D eigenvalue weighted by Gasteiger charge is 2.52. The van der Waals surface area contributed by atoms with Crippen LogP contribution in [0.3, 0.4) is 0 Å². The Labute approximate surface area is 439 Å². The molecule has 0 bridgehead atoms. The monoisotopic (exact) mass is 967 g/mol. The molecule has 0 amide bonds. The second kappa shape index (κ2) is 16.5. The first-order valence-corrected chi connectivity index (χ1v) is 26.1. The van der Waals surface area contributed by atoms with Gasteiger partial charge in [0.15, 0.2) is 0 Å². The van der Waals surface area contributed by atoms with Gasteiger partial charge in [-0.25, -0.2) is 0 Å². The van der Waals surface area contributed by atoms with Crippen molar-refractivity contribution in [3.63, 3.8) is 0 Å². The molecule has 354 valence electrons. The minimum absolute atomic E-state index is 0.472. The third-order valence-electron chi connectivity index (χ3n) is 16.3. The second-order valence-electron chi connectivity index (χ2n) is 20.2. The minimum Gasteiger partial charge on any atom is -0.456 e. The fourth-order valence-electron chi connectivity index (χ4n) is 13.2. The second-order valence-corrected chi connectivity index (χ2v) is 20.2. The maximum atomic E-state index is 6.32. The Morgan fingerprint density at radius 2 is 0.566 bits per heavy atom. The Morgan fingerprint density at radius 1 is 0.237 bits per heavy atom. The third-order valence-corrected chi connectivity index (χ3v) is 16.3. The van der Waals surface area contributed by atoms with Gasteiger partial charge in [-0.3, -0.25) is 0 Å². The van der Waals surface area contributed by atoms with E-state index in [-0.39, 0.29) is 0 Å². The SMILES string of the molecule is c1ccc(-c2cccc3c2-c2ccccc2C32c3ccccc3-c3c(-c4ccc(N(c5ccc(-c6cccc7oc8ccccc8c67)cc5)c5ccc(-c6cccc7oc8ccccc8c67)cc5)cc4)cccc32)cc1. The van der Waals surface area contributed by atoms with E-state index in [2.05, 4.69) is 254 Å². The highest BCUT2D eigenvalue weighted by atomic mass is 16.3. The number of anilines is 3. The van der Waals surface area contributed by atoms with Crippen LogP contribution in [0.25, 0.3) is 111 Å². The topological polar surface area (TPSA) is 29.5 Å². The average Bonchev–Trinajstić information content (AvgIpc) is 4.44. The summed E-state index contributed by atoms with van der Waals surface area (Å²) in [6.45, 7) is 0. The van der Waals surface area contributed by atoms with E-state index in [1.54, 1.807) is 0 Å². The predicted octanol–water partition coefficient (Wildman–Crippen LogP) is 20.0. The van der Waals surface area contributed by atoms with Crippen LogP contribution in [0.5, 0.6) is 0 Å². The number of fused-ring (bicyclic) bond motifs is 16. The van der Waals surface area contributed by atoms with Crippen LogP contribution in [0.4, 0.5) is 17.1 Å². The van der Waals surface area contributed by atoms with Gasteiger partial charge in [0.25, 0.3) is 0 Å². The van der Waals surface area contributed by atoms with Crippen LogP contribution < -0.4 is 4.90 Å². The zero-order chi connectivity index (χ0) is 49.9. The van der Waals surface area contributed by atoms with E-state index in [0.717, 1.165) is 83.2 Å². The van der Waals surface area contributed by atoms with Crippen LogP contribution in [-0.2, 0) is 5.41 Å². The number of nitrogens with zero attached hydrogens (tertiary/aromatic N) is 1. The van der Waals surface area contributed by atoms with Gasteiger partial charge in [-0.15, -0.1) is 0 Å². The molecule has 0 N–H and O–H groups in total. The maximum Gasteiger partial charge on any atom is 0.136 e. The lowest BCUT2D eigenvalue weighted by Crippen LogP contribution is -2.25. The molecule has 2 aliphatic rings. The molecule has 2 heterocycles. The summed E-state index contributed by atoms with van der Waals surface area (Å²) in [4.78, 5) is 2.37. The van der Waals surface area contributed by atoms with E-state index in [0.29, 0.717) is 0 Å². The van der Waals surface area contributed by atoms with Gasteiger partial charge >= 0.3 is 0 Å². The average molecular weight is 968 g/mol. The van der Waals surface area contributed by atoms with Crippen molar-refractivity contribution in [2.45, 2.75) is 5.41 Å². The first-order valence-electron chi connectivity index (χ1n) is 26.1. The molecule has 1 unspecified atom stereocenters. The molecule has 0 fully saturated rings. The molecule has 0 radical (unpaired) electrons. The molecular formula is C73H45NO2. The van der Waals surface area contributed by atoms with Gasteiger partial charge < -0.3 is 13.7 Å². The van der Waals surface area contributed by atoms with E-state index < -0.39 is 5.41 Å². The fourth-order valence-corrected chi connectivity index (χ4v) is 13.2. The third kappa shape index (κ3) is 6.11. The van der Waals surface area contributed by atoms with Crippen molar-refractivity contribution in [1.29, 1.82) is 0 Å². The maximum absolute atomic E-state index is 6.32. The highest BCUT2D eigenvalue weighted by molar-refractivity contribution is 6.14. The molecule has 14 aromatic rings. The van der Waals surface area contributed by atoms with E-state index in [1.807, 2.05) is 24.3 Å². The van der Waals surface area contributed by atoms with E-state index in [9.17, 15) is 0 Å². The molecule has 76 heavy (non-hydrogen) atoms. The first kappa shape index (κ1) is 42.5. The van der Waals surface area contributed by atoms with Crippen molar-refractivity contribution in [2.75, 3.05) is 4.90 Å². The van der Waals surface area contributed by atoms with Crippen molar-refractivity contribution in [3.8, 4) is 66.8 Å². The lowest BCUT2D eigenvalue weighted by molar-refractivity contribution is 0.668. The zero-order valence-electron chi connectivity index (χ0n) is 41.2. The summed E-state index contributed by atoms with van der Waals surface area (Å²) < 4.78 is 12.6. The normalized spacial score (nSPS) is 14.1. The quantitative estimate of drug-likeness (QED) is 0.159. The summed E-state index contributed by atoms with van der Waals surface area (Å²) >= 11 is 0. The lowest BCUT2D eigenvalue weighted by Gasteiger charge is -2.30. The van der Waals surface area contributed by atoms with Crippen LogP contribution in [0, 0.1) is 0 Å². The van der Waals surface area contributed by atoms with Crippen LogP contribution >= 0.6 is 0 Å². The Hall–Kier alpha value is -9.96. The molecule has 1 atom stereocenters. The molecule has 3 nitrogen and oxygen atoms in total. The minimum atomic E-state index is -0.472. The summed E-state index contributed by atoms with van der Waals surface area (Å²) in [7, 11) is 0. The number of hydrogen-bond donors (Lipinski definition) is 0. The van der Waals surface area contributed by atoms with Crippen LogP contribution in [-0.4, -0.2) is 0 Å². The van der Waals surface area contributed by atoms with E-state index >= 15 is 0 Å². The molecule has 0 saturated heterocycles. The predicted molar refractivity (Wildman–Crippen MR) is 314 cm³/mol. The summed E-state index contributed by atoms with van der Waals surface area (Å²) in [6.07, 6.45) is 0. The molecule has 12 aromatic carbocycles. The molecular weight excluding hydrogens is 923 g/mol. The van der Waals surface area contributed by atoms with Crippen LogP contribution in [0.2, 0.25) is 0 Å². The van der Waals surface area contributed by atoms with Gasteiger partial charge in [0.2, 0.25) is 0 Å². The van der Waals surface area contributed by atoms with Crippen molar-refractivity contribution in [2.24, 2.45) is 0 Å². The van der Waals surface area contributed by atoms with Crippen molar-refractivity contribution < 1.29 is 8.83 Å². The van der Waals surface area contributed by atoms with Crippen molar-refractivity contribution in [1.82, 2.24) is 0 Å². The fraction of sp³-hybridized carbons (Fsp3) is 0.0137. The Morgan fingerprint density at radius 3 is 1.04 bits per heavy atom. The number of rotatable bonds is 7. The summed E-state index contributed by atoms with van der Waals surface area (Å²) in [5.41, 5.74) is 26.3. The largest absolute Gasteiger partial charge is 0.456 e. The Kier molecular flexibility index (Phi) is 9.25. The molecule has 1 spiro atoms. The molecule has 3 heteroatoms. The molecule has 0 aliphatic heterocycles. The van der Waals surface area contributed by atoms with E-state index in [1.165, 1.54) is 66.8 Å². The first-order chi connectivity index (χ1) is 37.7. The summed E-state index contributed by atoms with van der Waals surface area (Å²) in [5, 5.41) is 4.51. The standard InChI is InChI=1S/C73H45NO2/c1-2-16-46(17-3-1)53-22-12-28-63-69(53)57-18-4-8-26-61(57)73(63)62-27-9-5-19-58(62)70-54(23-13-29-64(70)73)47-34-40-50(41-35-47)74(51-42-36-48(37-43-51)55-24-14-32-67-71(55)59-20-6-10-30-65(59)75-67)52-44-38-49(39-45-52)56-25-15-33-68-72(56)60-21-7-11-31-66(60)76-68/h1-45H. The van der Waals surface area contributed by atoms with Gasteiger partial charge in [0.05, 0.1) is 5.41 Å². The van der Waals surface area contributed by atoms with E-state index in [4.69, 9.17) is 8.83 Å². The Bertz CT molecular complexity index is 4460. The van der Waals surface area contributed by atoms with Crippen molar-refractivity contribution in [3.05, 3.63) is 295 Å². The molecule has 0 saturated carbocycles. The number of para-hydroxylation sites is 2. The Balaban J connectivity index is 0.831. The lowest BCUT2D eigenvalue weighted by atomic mass is 9.70. The number of hydrogen-bond acceptors (Lipinski definition) is 3. The van der Waals surface area contributed by atoms with Gasteiger partial charge in [0, 0.05) is 38.6 Å². The number of furan rings is 2. The smallest absolute Gasteiger partial charge is 0.136 e. The molecule has 2 aromatic heterocycles. The molecule has 16 rings (SSSR count). The van der Waals surface area contributed by atoms with Gasteiger partial charge in [0.1, 0.15) is 22.3 Å².